The number of benzene rings is 1. The second-order valence-electron chi connectivity index (χ2n) is 5.26. The van der Waals surface area contributed by atoms with Crippen LogP contribution in [-0.4, -0.2) is 30.2 Å². The van der Waals surface area contributed by atoms with E-state index in [1.807, 2.05) is 25.1 Å². The van der Waals surface area contributed by atoms with Gasteiger partial charge in [0.15, 0.2) is 0 Å². The summed E-state index contributed by atoms with van der Waals surface area (Å²) < 4.78 is 0. The molecule has 1 amide bonds. The number of aliphatic hydroxyl groups is 1. The van der Waals surface area contributed by atoms with E-state index in [1.165, 1.54) is 11.1 Å². The van der Waals surface area contributed by atoms with Gasteiger partial charge in [-0.05, 0) is 12.5 Å². The maximum Gasteiger partial charge on any atom is 0.239 e. The van der Waals surface area contributed by atoms with Crippen LogP contribution >= 0.6 is 0 Å². The lowest BCUT2D eigenvalue weighted by atomic mass is 9.84. The normalized spacial score (nSPS) is 13.2. The number of hydrogen-bond donors (Lipinski definition) is 3. The minimum Gasteiger partial charge on any atom is -0.394 e. The fourth-order valence-electron chi connectivity index (χ4n) is 1.69. The third kappa shape index (κ3) is 3.82. The molecule has 0 aliphatic rings. The van der Waals surface area contributed by atoms with Crippen molar-refractivity contribution in [2.24, 2.45) is 5.73 Å². The molecule has 0 heterocycles. The van der Waals surface area contributed by atoms with Crippen LogP contribution < -0.4 is 11.1 Å². The van der Waals surface area contributed by atoms with Crippen molar-refractivity contribution in [1.82, 2.24) is 5.32 Å². The third-order valence-corrected chi connectivity index (χ3v) is 3.04. The van der Waals surface area contributed by atoms with Gasteiger partial charge in [-0.15, -0.1) is 0 Å². The van der Waals surface area contributed by atoms with Crippen molar-refractivity contribution in [1.29, 1.82) is 0 Å². The van der Waals surface area contributed by atoms with Gasteiger partial charge in [0.05, 0.1) is 6.61 Å². The second-order valence-corrected chi connectivity index (χ2v) is 5.26. The zero-order valence-electron chi connectivity index (χ0n) is 11.2. The molecule has 4 heteroatoms. The van der Waals surface area contributed by atoms with Gasteiger partial charge in [-0.2, -0.15) is 0 Å². The zero-order valence-corrected chi connectivity index (χ0v) is 11.2. The predicted molar refractivity (Wildman–Crippen MR) is 72.3 cm³/mol. The van der Waals surface area contributed by atoms with Crippen LogP contribution in [0.4, 0.5) is 0 Å². The lowest BCUT2D eigenvalue weighted by Crippen LogP contribution is -2.46. The fraction of sp³-hybridized carbons (Fsp3) is 0.500. The van der Waals surface area contributed by atoms with Gasteiger partial charge < -0.3 is 16.2 Å². The average Bonchev–Trinajstić information content (AvgIpc) is 2.35. The van der Waals surface area contributed by atoms with Crippen LogP contribution in [-0.2, 0) is 10.2 Å². The quantitative estimate of drug-likeness (QED) is 0.720. The smallest absolute Gasteiger partial charge is 0.239 e. The SMILES string of the molecule is Cc1cccc(C(C)(C)CNC(=O)C(N)CO)c1. The highest BCUT2D eigenvalue weighted by Crippen LogP contribution is 2.22. The van der Waals surface area contributed by atoms with E-state index >= 15 is 0 Å². The predicted octanol–water partition coefficient (Wildman–Crippen LogP) is 0.708. The molecular formula is C14H22N2O2. The Labute approximate surface area is 108 Å². The fourth-order valence-corrected chi connectivity index (χ4v) is 1.69. The van der Waals surface area contributed by atoms with Crippen molar-refractivity contribution in [3.8, 4) is 0 Å². The van der Waals surface area contributed by atoms with E-state index in [-0.39, 0.29) is 17.9 Å². The Bertz CT molecular complexity index is 416. The van der Waals surface area contributed by atoms with E-state index in [0.717, 1.165) is 0 Å². The number of amides is 1. The Balaban J connectivity index is 2.68. The lowest BCUT2D eigenvalue weighted by Gasteiger charge is -2.26. The average molecular weight is 250 g/mol. The van der Waals surface area contributed by atoms with E-state index < -0.39 is 6.04 Å². The molecule has 100 valence electrons. The molecular weight excluding hydrogens is 228 g/mol. The van der Waals surface area contributed by atoms with Gasteiger partial charge in [0.2, 0.25) is 5.91 Å². The van der Waals surface area contributed by atoms with Gasteiger partial charge in [0, 0.05) is 12.0 Å². The Morgan fingerprint density at radius 3 is 2.72 bits per heavy atom. The first-order valence-electron chi connectivity index (χ1n) is 6.08. The minimum atomic E-state index is -0.849. The van der Waals surface area contributed by atoms with Crippen molar-refractivity contribution in [3.63, 3.8) is 0 Å². The molecule has 0 aliphatic heterocycles. The van der Waals surface area contributed by atoms with E-state index in [4.69, 9.17) is 10.8 Å². The molecule has 4 nitrogen and oxygen atoms in total. The lowest BCUT2D eigenvalue weighted by molar-refractivity contribution is -0.123. The number of aryl methyl sites for hydroxylation is 1. The summed E-state index contributed by atoms with van der Waals surface area (Å²) in [5, 5.41) is 11.6. The molecule has 0 radical (unpaired) electrons. The third-order valence-electron chi connectivity index (χ3n) is 3.04. The summed E-state index contributed by atoms with van der Waals surface area (Å²) in [6.45, 7) is 6.32. The van der Waals surface area contributed by atoms with Crippen LogP contribution in [0, 0.1) is 6.92 Å². The maximum absolute atomic E-state index is 11.5. The molecule has 18 heavy (non-hydrogen) atoms. The number of hydrogen-bond acceptors (Lipinski definition) is 3. The molecule has 0 aliphatic carbocycles. The molecule has 4 N–H and O–H groups in total. The molecule has 0 saturated carbocycles. The molecule has 1 unspecified atom stereocenters. The summed E-state index contributed by atoms with van der Waals surface area (Å²) in [6.07, 6.45) is 0. The second kappa shape index (κ2) is 5.98. The van der Waals surface area contributed by atoms with Gasteiger partial charge in [-0.3, -0.25) is 4.79 Å². The van der Waals surface area contributed by atoms with Gasteiger partial charge in [-0.1, -0.05) is 43.7 Å². The van der Waals surface area contributed by atoms with Crippen molar-refractivity contribution in [2.45, 2.75) is 32.2 Å². The van der Waals surface area contributed by atoms with E-state index in [9.17, 15) is 4.79 Å². The van der Waals surface area contributed by atoms with Crippen molar-refractivity contribution < 1.29 is 9.90 Å². The highest BCUT2D eigenvalue weighted by Gasteiger charge is 2.22. The van der Waals surface area contributed by atoms with Crippen LogP contribution in [0.2, 0.25) is 0 Å². The standard InChI is InChI=1S/C14H22N2O2/c1-10-5-4-6-11(7-10)14(2,3)9-16-13(18)12(15)8-17/h4-7,12,17H,8-9,15H2,1-3H3,(H,16,18). The molecule has 1 rings (SSSR count). The molecule has 0 aromatic heterocycles. The number of carbonyl (C=O) groups excluding carboxylic acids is 1. The van der Waals surface area contributed by atoms with Gasteiger partial charge >= 0.3 is 0 Å². The summed E-state index contributed by atoms with van der Waals surface area (Å²) in [5.41, 5.74) is 7.64. The first-order chi connectivity index (χ1) is 8.36. The summed E-state index contributed by atoms with van der Waals surface area (Å²) >= 11 is 0. The Hall–Kier alpha value is -1.39. The summed E-state index contributed by atoms with van der Waals surface area (Å²) in [6, 6.07) is 7.36. The number of carbonyl (C=O) groups is 1. The Morgan fingerprint density at radius 2 is 2.17 bits per heavy atom. The molecule has 1 atom stereocenters. The van der Waals surface area contributed by atoms with Gasteiger partial charge in [-0.25, -0.2) is 0 Å². The number of rotatable bonds is 5. The van der Waals surface area contributed by atoms with E-state index in [2.05, 4.69) is 25.2 Å². The first-order valence-corrected chi connectivity index (χ1v) is 6.08. The highest BCUT2D eigenvalue weighted by molar-refractivity contribution is 5.81. The van der Waals surface area contributed by atoms with Crippen molar-refractivity contribution >= 4 is 5.91 Å². The largest absolute Gasteiger partial charge is 0.394 e. The summed E-state index contributed by atoms with van der Waals surface area (Å²) in [5.74, 6) is -0.321. The molecule has 1 aromatic rings. The molecule has 0 fully saturated rings. The highest BCUT2D eigenvalue weighted by atomic mass is 16.3. The van der Waals surface area contributed by atoms with Crippen LogP contribution in [0.5, 0.6) is 0 Å². The van der Waals surface area contributed by atoms with Crippen LogP contribution in [0.1, 0.15) is 25.0 Å². The topological polar surface area (TPSA) is 75.4 Å². The molecule has 0 saturated heterocycles. The molecule has 0 spiro atoms. The van der Waals surface area contributed by atoms with Crippen molar-refractivity contribution in [2.75, 3.05) is 13.2 Å². The zero-order chi connectivity index (χ0) is 13.8. The minimum absolute atomic E-state index is 0.170. The number of nitrogens with one attached hydrogen (secondary N) is 1. The van der Waals surface area contributed by atoms with Crippen LogP contribution in [0.25, 0.3) is 0 Å². The maximum atomic E-state index is 11.5. The van der Waals surface area contributed by atoms with E-state index in [1.54, 1.807) is 0 Å². The summed E-state index contributed by atoms with van der Waals surface area (Å²) in [4.78, 5) is 11.5. The Morgan fingerprint density at radius 1 is 1.50 bits per heavy atom. The van der Waals surface area contributed by atoms with Gasteiger partial charge in [0.25, 0.3) is 0 Å². The monoisotopic (exact) mass is 250 g/mol. The van der Waals surface area contributed by atoms with Crippen LogP contribution in [0.15, 0.2) is 24.3 Å². The van der Waals surface area contributed by atoms with E-state index in [0.29, 0.717) is 6.54 Å². The first kappa shape index (κ1) is 14.7. The summed E-state index contributed by atoms with van der Waals surface area (Å²) in [7, 11) is 0. The molecule has 1 aromatic carbocycles. The number of nitrogens with two attached hydrogens (primary N) is 1. The van der Waals surface area contributed by atoms with Gasteiger partial charge in [0.1, 0.15) is 6.04 Å². The molecule has 0 bridgehead atoms. The van der Waals surface area contributed by atoms with Crippen molar-refractivity contribution in [3.05, 3.63) is 35.4 Å². The Kier molecular flexibility index (Phi) is 4.87. The number of aliphatic hydroxyl groups excluding tert-OH is 1. The van der Waals surface area contributed by atoms with Crippen LogP contribution in [0.3, 0.4) is 0 Å².